The molecule has 0 bridgehead atoms. The van der Waals surface area contributed by atoms with Crippen molar-refractivity contribution in [1.82, 2.24) is 4.90 Å². The number of likely N-dealkylation sites (N-methyl/N-ethyl adjacent to an activating group) is 1. The standard InChI is InChI=1S/C17H25NO3/c1-18(11-12-19)17(20)15-7-9-16(10-8-15)21-13-14-5-3-2-4-6-14/h7-10,14,19H,2-6,11-13H2,1H3. The van der Waals surface area contributed by atoms with Gasteiger partial charge in [-0.1, -0.05) is 19.3 Å². The SMILES string of the molecule is CN(CCO)C(=O)c1ccc(OCC2CCCCC2)cc1. The van der Waals surface area contributed by atoms with Crippen LogP contribution in [0.1, 0.15) is 42.5 Å². The first-order valence-corrected chi connectivity index (χ1v) is 7.80. The van der Waals surface area contributed by atoms with Crippen LogP contribution in [0.5, 0.6) is 5.75 Å². The molecule has 0 aliphatic heterocycles. The molecule has 0 atom stereocenters. The molecule has 0 unspecified atom stereocenters. The Hall–Kier alpha value is -1.55. The van der Waals surface area contributed by atoms with Gasteiger partial charge in [0.05, 0.1) is 13.2 Å². The molecule has 4 heteroatoms. The first-order valence-electron chi connectivity index (χ1n) is 7.80. The minimum atomic E-state index is -0.0807. The number of nitrogens with zero attached hydrogens (tertiary/aromatic N) is 1. The highest BCUT2D eigenvalue weighted by Gasteiger charge is 2.14. The van der Waals surface area contributed by atoms with E-state index in [2.05, 4.69) is 0 Å². The van der Waals surface area contributed by atoms with Crippen molar-refractivity contribution in [2.45, 2.75) is 32.1 Å². The van der Waals surface area contributed by atoms with E-state index in [1.807, 2.05) is 12.1 Å². The summed E-state index contributed by atoms with van der Waals surface area (Å²) in [6, 6.07) is 7.27. The first-order chi connectivity index (χ1) is 10.2. The largest absolute Gasteiger partial charge is 0.493 e. The highest BCUT2D eigenvalue weighted by Crippen LogP contribution is 2.24. The van der Waals surface area contributed by atoms with Gasteiger partial charge >= 0.3 is 0 Å². The Bertz CT molecular complexity index is 438. The number of ether oxygens (including phenoxy) is 1. The van der Waals surface area contributed by atoms with Crippen molar-refractivity contribution in [2.24, 2.45) is 5.92 Å². The van der Waals surface area contributed by atoms with Crippen molar-refractivity contribution in [3.8, 4) is 5.75 Å². The normalized spacial score (nSPS) is 15.7. The van der Waals surface area contributed by atoms with Gasteiger partial charge in [-0.15, -0.1) is 0 Å². The molecule has 0 saturated heterocycles. The molecule has 2 rings (SSSR count). The van der Waals surface area contributed by atoms with Crippen LogP contribution in [0.4, 0.5) is 0 Å². The fraction of sp³-hybridized carbons (Fsp3) is 0.588. The summed E-state index contributed by atoms with van der Waals surface area (Å²) in [5.74, 6) is 1.42. The monoisotopic (exact) mass is 291 g/mol. The number of aliphatic hydroxyl groups is 1. The Morgan fingerprint density at radius 3 is 2.52 bits per heavy atom. The maximum atomic E-state index is 12.0. The Morgan fingerprint density at radius 2 is 1.90 bits per heavy atom. The summed E-state index contributed by atoms with van der Waals surface area (Å²) in [5.41, 5.74) is 0.621. The molecule has 1 amide bonds. The lowest BCUT2D eigenvalue weighted by Crippen LogP contribution is -2.29. The zero-order chi connectivity index (χ0) is 15.1. The molecule has 1 N–H and O–H groups in total. The van der Waals surface area contributed by atoms with E-state index in [4.69, 9.17) is 9.84 Å². The Morgan fingerprint density at radius 1 is 1.24 bits per heavy atom. The summed E-state index contributed by atoms with van der Waals surface area (Å²) in [6.45, 7) is 1.10. The minimum absolute atomic E-state index is 0.0230. The molecular weight excluding hydrogens is 266 g/mol. The molecule has 0 spiro atoms. The van der Waals surface area contributed by atoms with Crippen LogP contribution in [0.2, 0.25) is 0 Å². The number of aliphatic hydroxyl groups excluding tert-OH is 1. The zero-order valence-electron chi connectivity index (χ0n) is 12.8. The highest BCUT2D eigenvalue weighted by molar-refractivity contribution is 5.94. The number of amides is 1. The summed E-state index contributed by atoms with van der Waals surface area (Å²) in [7, 11) is 1.69. The predicted octanol–water partition coefficient (Wildman–Crippen LogP) is 2.71. The number of benzene rings is 1. The van der Waals surface area contributed by atoms with Crippen LogP contribution in [0, 0.1) is 5.92 Å². The molecule has 116 valence electrons. The van der Waals surface area contributed by atoms with Gasteiger partial charge in [0.15, 0.2) is 0 Å². The van der Waals surface area contributed by atoms with Crippen molar-refractivity contribution < 1.29 is 14.6 Å². The van der Waals surface area contributed by atoms with E-state index in [0.717, 1.165) is 12.4 Å². The van der Waals surface area contributed by atoms with Crippen molar-refractivity contribution in [1.29, 1.82) is 0 Å². The van der Waals surface area contributed by atoms with Crippen LogP contribution >= 0.6 is 0 Å². The van der Waals surface area contributed by atoms with Gasteiger partial charge in [-0.25, -0.2) is 0 Å². The molecule has 0 aromatic heterocycles. The van der Waals surface area contributed by atoms with Gasteiger partial charge in [-0.2, -0.15) is 0 Å². The van der Waals surface area contributed by atoms with E-state index in [1.165, 1.54) is 37.0 Å². The van der Waals surface area contributed by atoms with Gasteiger partial charge in [0, 0.05) is 19.2 Å². The van der Waals surface area contributed by atoms with E-state index < -0.39 is 0 Å². The minimum Gasteiger partial charge on any atom is -0.493 e. The molecule has 1 aromatic rings. The second-order valence-corrected chi connectivity index (χ2v) is 5.79. The van der Waals surface area contributed by atoms with Crippen LogP contribution in [-0.2, 0) is 0 Å². The quantitative estimate of drug-likeness (QED) is 0.876. The third-order valence-electron chi connectivity index (χ3n) is 4.09. The Kier molecular flexibility index (Phi) is 6.05. The molecule has 4 nitrogen and oxygen atoms in total. The summed E-state index contributed by atoms with van der Waals surface area (Å²) >= 11 is 0. The number of hydrogen-bond donors (Lipinski definition) is 1. The van der Waals surface area contributed by atoms with Crippen molar-refractivity contribution in [3.05, 3.63) is 29.8 Å². The summed E-state index contributed by atoms with van der Waals surface area (Å²) in [5, 5.41) is 8.86. The van der Waals surface area contributed by atoms with Crippen LogP contribution in [0.3, 0.4) is 0 Å². The first kappa shape index (κ1) is 15.8. The lowest BCUT2D eigenvalue weighted by Gasteiger charge is -2.21. The maximum absolute atomic E-state index is 12.0. The van der Waals surface area contributed by atoms with Gasteiger partial charge < -0.3 is 14.7 Å². The third kappa shape index (κ3) is 4.74. The Labute approximate surface area is 126 Å². The van der Waals surface area contributed by atoms with Crippen LogP contribution < -0.4 is 4.74 Å². The van der Waals surface area contributed by atoms with Crippen LogP contribution in [0.15, 0.2) is 24.3 Å². The molecule has 1 aromatic carbocycles. The molecule has 1 saturated carbocycles. The van der Waals surface area contributed by atoms with E-state index >= 15 is 0 Å². The van der Waals surface area contributed by atoms with Crippen LogP contribution in [0.25, 0.3) is 0 Å². The van der Waals surface area contributed by atoms with Crippen molar-refractivity contribution >= 4 is 5.91 Å². The van der Waals surface area contributed by atoms with Crippen molar-refractivity contribution in [2.75, 3.05) is 26.8 Å². The Balaban J connectivity index is 1.85. The second-order valence-electron chi connectivity index (χ2n) is 5.79. The summed E-state index contributed by atoms with van der Waals surface area (Å²) in [4.78, 5) is 13.5. The summed E-state index contributed by atoms with van der Waals surface area (Å²) in [6.07, 6.45) is 6.52. The fourth-order valence-electron chi connectivity index (χ4n) is 2.73. The van der Waals surface area contributed by atoms with E-state index in [9.17, 15) is 4.79 Å². The van der Waals surface area contributed by atoms with Gasteiger partial charge in [0.2, 0.25) is 0 Å². The maximum Gasteiger partial charge on any atom is 0.253 e. The lowest BCUT2D eigenvalue weighted by molar-refractivity contribution is 0.0767. The predicted molar refractivity (Wildman–Crippen MR) is 82.6 cm³/mol. The second kappa shape index (κ2) is 8.03. The lowest BCUT2D eigenvalue weighted by atomic mass is 9.90. The van der Waals surface area contributed by atoms with E-state index in [-0.39, 0.29) is 12.5 Å². The van der Waals surface area contributed by atoms with Crippen molar-refractivity contribution in [3.63, 3.8) is 0 Å². The molecular formula is C17H25NO3. The zero-order valence-corrected chi connectivity index (χ0v) is 12.8. The number of carbonyl (C=O) groups excluding carboxylic acids is 1. The third-order valence-corrected chi connectivity index (χ3v) is 4.09. The molecule has 1 fully saturated rings. The number of carbonyl (C=O) groups is 1. The molecule has 1 aliphatic carbocycles. The highest BCUT2D eigenvalue weighted by atomic mass is 16.5. The van der Waals surface area contributed by atoms with Gasteiger partial charge in [-0.05, 0) is 43.0 Å². The van der Waals surface area contributed by atoms with E-state index in [1.54, 1.807) is 19.2 Å². The molecule has 1 aliphatic rings. The number of rotatable bonds is 6. The average molecular weight is 291 g/mol. The fourth-order valence-corrected chi connectivity index (χ4v) is 2.73. The number of hydrogen-bond acceptors (Lipinski definition) is 3. The smallest absolute Gasteiger partial charge is 0.253 e. The van der Waals surface area contributed by atoms with Gasteiger partial charge in [0.25, 0.3) is 5.91 Å². The van der Waals surface area contributed by atoms with Crippen LogP contribution in [-0.4, -0.2) is 42.7 Å². The van der Waals surface area contributed by atoms with E-state index in [0.29, 0.717) is 18.0 Å². The van der Waals surface area contributed by atoms with Gasteiger partial charge in [-0.3, -0.25) is 4.79 Å². The molecule has 0 heterocycles. The molecule has 21 heavy (non-hydrogen) atoms. The van der Waals surface area contributed by atoms with Gasteiger partial charge in [0.1, 0.15) is 5.75 Å². The molecule has 0 radical (unpaired) electrons. The summed E-state index contributed by atoms with van der Waals surface area (Å²) < 4.78 is 5.82. The topological polar surface area (TPSA) is 49.8 Å². The average Bonchev–Trinajstić information content (AvgIpc) is 2.54.